The minimum Gasteiger partial charge on any atom is -0.369 e. The molecule has 4 N–H and O–H groups in total. The smallest absolute Gasteiger partial charge is 0.240 e. The lowest BCUT2D eigenvalue weighted by molar-refractivity contribution is -0.118. The number of nitrogens with zero attached hydrogens (tertiary/aromatic N) is 2. The molecule has 0 radical (unpaired) electrons. The molecule has 210 valence electrons. The average molecular weight is 573 g/mol. The van der Waals surface area contributed by atoms with Crippen molar-refractivity contribution in [3.05, 3.63) is 89.9 Å². The molecule has 1 fully saturated rings. The van der Waals surface area contributed by atoms with Crippen LogP contribution in [0.5, 0.6) is 0 Å². The van der Waals surface area contributed by atoms with Crippen molar-refractivity contribution in [3.8, 4) is 11.1 Å². The van der Waals surface area contributed by atoms with Crippen LogP contribution in [0.1, 0.15) is 30.4 Å². The average Bonchev–Trinajstić information content (AvgIpc) is 3.76. The van der Waals surface area contributed by atoms with Gasteiger partial charge in [-0.3, -0.25) is 4.79 Å². The van der Waals surface area contributed by atoms with Crippen LogP contribution in [0.4, 0.5) is 27.5 Å². The summed E-state index contributed by atoms with van der Waals surface area (Å²) in [5.74, 6) is -0.0596. The molecule has 1 aliphatic heterocycles. The zero-order valence-corrected chi connectivity index (χ0v) is 23.2. The van der Waals surface area contributed by atoms with Gasteiger partial charge in [-0.15, -0.1) is 0 Å². The lowest BCUT2D eigenvalue weighted by Gasteiger charge is -2.17. The molecule has 4 bridgehead atoms. The summed E-state index contributed by atoms with van der Waals surface area (Å²) in [7, 11) is -3.66. The van der Waals surface area contributed by atoms with E-state index in [1.165, 1.54) is 18.2 Å². The molecule has 0 atom stereocenters. The van der Waals surface area contributed by atoms with Crippen molar-refractivity contribution in [1.82, 2.24) is 14.7 Å². The number of rotatable bonds is 4. The topological polar surface area (TPSA) is 125 Å². The van der Waals surface area contributed by atoms with Gasteiger partial charge in [0.25, 0.3) is 0 Å². The molecule has 1 saturated carbocycles. The Morgan fingerprint density at radius 1 is 1.02 bits per heavy atom. The number of fused-ring (bicyclic) bond motifs is 4. The predicted octanol–water partition coefficient (Wildman–Crippen LogP) is 5.10. The summed E-state index contributed by atoms with van der Waals surface area (Å²) in [5.41, 5.74) is 3.11. The van der Waals surface area contributed by atoms with Gasteiger partial charge in [-0.05, 0) is 67.6 Å². The summed E-state index contributed by atoms with van der Waals surface area (Å²) < 4.78 is 43.2. The summed E-state index contributed by atoms with van der Waals surface area (Å²) in [4.78, 5) is 22.3. The number of carbonyl (C=O) groups excluding carboxylic acids is 1. The number of halogens is 1. The number of hydrogen-bond donors (Lipinski definition) is 4. The van der Waals surface area contributed by atoms with E-state index in [2.05, 4.69) is 30.6 Å². The van der Waals surface area contributed by atoms with Crippen LogP contribution in [0.25, 0.3) is 11.1 Å². The zero-order valence-electron chi connectivity index (χ0n) is 22.4. The highest BCUT2D eigenvalue weighted by atomic mass is 32.2. The Hall–Kier alpha value is -4.35. The van der Waals surface area contributed by atoms with Crippen LogP contribution in [-0.4, -0.2) is 37.4 Å². The monoisotopic (exact) mass is 572 g/mol. The van der Waals surface area contributed by atoms with Gasteiger partial charge >= 0.3 is 0 Å². The van der Waals surface area contributed by atoms with Gasteiger partial charge in [0, 0.05) is 30.5 Å². The van der Waals surface area contributed by atoms with Crippen LogP contribution < -0.4 is 20.7 Å². The maximum Gasteiger partial charge on any atom is 0.240 e. The van der Waals surface area contributed by atoms with Gasteiger partial charge in [-0.1, -0.05) is 42.0 Å². The molecule has 1 aromatic heterocycles. The summed E-state index contributed by atoms with van der Waals surface area (Å²) >= 11 is 0. The molecule has 1 amide bonds. The van der Waals surface area contributed by atoms with E-state index >= 15 is 4.39 Å². The van der Waals surface area contributed by atoms with Gasteiger partial charge in [0.15, 0.2) is 0 Å². The standard InChI is InChI=1S/C30H29FN6O3S/c1-19-5-2-6-21(15-19)30(11-12-30)28(38)36-26-10-9-20(16-25(26)31)24-18-33-29-35-22-7-3-8-23(17-22)41(39,40)34-14-4-13-32-27(24)37-29/h2-3,5-10,15-18,34H,4,11-14H2,1H3,(H,36,38)(H2,32,33,35,37). The summed E-state index contributed by atoms with van der Waals surface area (Å²) in [6, 6.07) is 18.9. The Morgan fingerprint density at radius 2 is 1.85 bits per heavy atom. The molecule has 9 nitrogen and oxygen atoms in total. The molecule has 0 saturated heterocycles. The molecule has 2 heterocycles. The molecule has 4 aromatic rings. The summed E-state index contributed by atoms with van der Waals surface area (Å²) in [6.07, 6.45) is 3.52. The SMILES string of the molecule is Cc1cccc(C2(C(=O)Nc3ccc(-c4cnc5nc4NCCCNS(=O)(=O)c4cccc(c4)N5)cc3F)CC2)c1. The number of aromatic nitrogens is 2. The van der Waals surface area contributed by atoms with E-state index in [9.17, 15) is 13.2 Å². The van der Waals surface area contributed by atoms with E-state index in [1.807, 2.05) is 31.2 Å². The van der Waals surface area contributed by atoms with Gasteiger partial charge in [-0.25, -0.2) is 22.5 Å². The van der Waals surface area contributed by atoms with Crippen molar-refractivity contribution in [1.29, 1.82) is 0 Å². The first-order valence-corrected chi connectivity index (χ1v) is 14.9. The summed E-state index contributed by atoms with van der Waals surface area (Å²) in [5, 5.41) is 9.06. The molecule has 11 heteroatoms. The number of anilines is 4. The maximum absolute atomic E-state index is 15.3. The van der Waals surface area contributed by atoms with E-state index in [-0.39, 0.29) is 29.0 Å². The first kappa shape index (κ1) is 26.9. The van der Waals surface area contributed by atoms with E-state index in [1.54, 1.807) is 30.5 Å². The minimum atomic E-state index is -3.66. The van der Waals surface area contributed by atoms with Gasteiger partial charge < -0.3 is 16.0 Å². The van der Waals surface area contributed by atoms with Gasteiger partial charge in [-0.2, -0.15) is 4.98 Å². The second-order valence-electron chi connectivity index (χ2n) is 10.4. The molecular formula is C30H29FN6O3S. The fourth-order valence-corrected chi connectivity index (χ4v) is 6.10. The van der Waals surface area contributed by atoms with Gasteiger partial charge in [0.1, 0.15) is 11.6 Å². The van der Waals surface area contributed by atoms with Gasteiger partial charge in [0.2, 0.25) is 21.9 Å². The zero-order chi connectivity index (χ0) is 28.6. The van der Waals surface area contributed by atoms with Crippen molar-refractivity contribution in [2.75, 3.05) is 29.0 Å². The summed E-state index contributed by atoms with van der Waals surface area (Å²) in [6.45, 7) is 2.63. The van der Waals surface area contributed by atoms with Crippen LogP contribution >= 0.6 is 0 Å². The highest BCUT2D eigenvalue weighted by molar-refractivity contribution is 7.89. The minimum absolute atomic E-state index is 0.108. The molecule has 6 rings (SSSR count). The van der Waals surface area contributed by atoms with Gasteiger partial charge in [0.05, 0.1) is 16.0 Å². The number of carbonyl (C=O) groups is 1. The first-order chi connectivity index (χ1) is 19.7. The highest BCUT2D eigenvalue weighted by Gasteiger charge is 2.51. The Balaban J connectivity index is 1.26. The second kappa shape index (κ2) is 10.6. The van der Waals surface area contributed by atoms with Crippen molar-refractivity contribution in [3.63, 3.8) is 0 Å². The molecular weight excluding hydrogens is 543 g/mol. The number of hydrogen-bond acceptors (Lipinski definition) is 7. The van der Waals surface area contributed by atoms with E-state index in [0.29, 0.717) is 35.6 Å². The largest absolute Gasteiger partial charge is 0.369 e. The van der Waals surface area contributed by atoms with Crippen LogP contribution in [0.3, 0.4) is 0 Å². The van der Waals surface area contributed by atoms with Crippen LogP contribution in [0.15, 0.2) is 77.8 Å². The third-order valence-electron chi connectivity index (χ3n) is 7.41. The molecule has 1 aliphatic carbocycles. The third-order valence-corrected chi connectivity index (χ3v) is 8.87. The molecule has 0 unspecified atom stereocenters. The second-order valence-corrected chi connectivity index (χ2v) is 12.2. The molecule has 3 aromatic carbocycles. The maximum atomic E-state index is 15.3. The van der Waals surface area contributed by atoms with Crippen LogP contribution in [0, 0.1) is 12.7 Å². The van der Waals surface area contributed by atoms with Crippen LogP contribution in [0.2, 0.25) is 0 Å². The highest BCUT2D eigenvalue weighted by Crippen LogP contribution is 2.49. The Kier molecular flexibility index (Phi) is 6.92. The van der Waals surface area contributed by atoms with Crippen molar-refractivity contribution >= 4 is 39.1 Å². The fraction of sp³-hybridized carbons (Fsp3) is 0.233. The first-order valence-electron chi connectivity index (χ1n) is 13.4. The number of aryl methyl sites for hydroxylation is 1. The molecule has 2 aliphatic rings. The lowest BCUT2D eigenvalue weighted by Crippen LogP contribution is -2.28. The molecule has 0 spiro atoms. The number of nitrogens with one attached hydrogen (secondary N) is 4. The number of sulfonamides is 1. The van der Waals surface area contributed by atoms with E-state index in [0.717, 1.165) is 24.0 Å². The lowest BCUT2D eigenvalue weighted by atomic mass is 9.93. The van der Waals surface area contributed by atoms with E-state index in [4.69, 9.17) is 0 Å². The Labute approximate surface area is 237 Å². The van der Waals surface area contributed by atoms with Crippen molar-refractivity contribution < 1.29 is 17.6 Å². The molecule has 41 heavy (non-hydrogen) atoms. The predicted molar refractivity (Wildman–Crippen MR) is 156 cm³/mol. The number of benzene rings is 3. The normalized spacial score (nSPS) is 17.0. The Bertz CT molecular complexity index is 1760. The van der Waals surface area contributed by atoms with E-state index < -0.39 is 21.3 Å². The quantitative estimate of drug-likeness (QED) is 0.268. The fourth-order valence-electron chi connectivity index (χ4n) is 4.98. The Morgan fingerprint density at radius 3 is 2.63 bits per heavy atom. The van der Waals surface area contributed by atoms with Crippen LogP contribution in [-0.2, 0) is 20.2 Å². The number of amides is 1. The van der Waals surface area contributed by atoms with Crippen molar-refractivity contribution in [2.24, 2.45) is 0 Å². The van der Waals surface area contributed by atoms with Crippen molar-refractivity contribution in [2.45, 2.75) is 36.5 Å². The third kappa shape index (κ3) is 5.50.